The third-order valence-corrected chi connectivity index (χ3v) is 6.02. The Morgan fingerprint density at radius 2 is 1.19 bits per heavy atom. The van der Waals surface area contributed by atoms with Crippen LogP contribution in [0.25, 0.3) is 0 Å². The first-order valence-corrected chi connectivity index (χ1v) is 10.5. The molecule has 0 atom stereocenters. The molecule has 0 spiro atoms. The van der Waals surface area contributed by atoms with E-state index in [2.05, 4.69) is 0 Å². The van der Waals surface area contributed by atoms with Gasteiger partial charge < -0.3 is 24.7 Å². The van der Waals surface area contributed by atoms with Crippen molar-refractivity contribution in [3.05, 3.63) is 48.0 Å². The topological polar surface area (TPSA) is 67.3 Å². The summed E-state index contributed by atoms with van der Waals surface area (Å²) < 4.78 is 27.3. The molecule has 2 amide bonds. The van der Waals surface area contributed by atoms with Crippen molar-refractivity contribution in [3.63, 3.8) is 0 Å². The molecule has 0 unspecified atom stereocenters. The third-order valence-electron chi connectivity index (χ3n) is 6.02. The molecule has 2 heterocycles. The number of aliphatic hydroxyl groups is 1. The van der Waals surface area contributed by atoms with Gasteiger partial charge in [0, 0.05) is 40.3 Å². The van der Waals surface area contributed by atoms with Crippen molar-refractivity contribution < 1.29 is 23.5 Å². The van der Waals surface area contributed by atoms with Gasteiger partial charge in [0.2, 0.25) is 11.8 Å². The normalized spacial score (nSPS) is 15.7. The van der Waals surface area contributed by atoms with Crippen molar-refractivity contribution in [2.75, 3.05) is 59.9 Å². The number of amides is 2. The Hall–Kier alpha value is -3.20. The molecule has 2 aromatic carbocycles. The predicted octanol–water partition coefficient (Wildman–Crippen LogP) is 2.37. The van der Waals surface area contributed by atoms with Crippen LogP contribution in [0.15, 0.2) is 36.4 Å². The van der Waals surface area contributed by atoms with Crippen LogP contribution in [0.3, 0.4) is 0 Å². The molecule has 2 aliphatic rings. The number of anilines is 4. The van der Waals surface area contributed by atoms with E-state index in [0.717, 1.165) is 0 Å². The van der Waals surface area contributed by atoms with Crippen LogP contribution in [0.1, 0.15) is 12.8 Å². The van der Waals surface area contributed by atoms with Gasteiger partial charge in [0.25, 0.3) is 0 Å². The largest absolute Gasteiger partial charge is 0.392 e. The summed E-state index contributed by atoms with van der Waals surface area (Å²) in [7, 11) is 3.65. The van der Waals surface area contributed by atoms with Crippen LogP contribution < -0.4 is 19.6 Å². The SMILES string of the molecule is CN1CCN(C(=O)CC(O)CC(=O)N2CCN(C)c3cc(F)ccc32)c2ccc(F)cc21. The lowest BCUT2D eigenvalue weighted by molar-refractivity contribution is -0.123. The first-order chi connectivity index (χ1) is 15.2. The molecule has 0 aliphatic carbocycles. The Morgan fingerprint density at radius 1 is 0.781 bits per heavy atom. The minimum Gasteiger partial charge on any atom is -0.392 e. The fourth-order valence-electron chi connectivity index (χ4n) is 4.26. The molecule has 2 aliphatic heterocycles. The number of carbonyl (C=O) groups is 2. The lowest BCUT2D eigenvalue weighted by Gasteiger charge is -2.37. The minimum absolute atomic E-state index is 0.226. The molecular weight excluding hydrogens is 418 g/mol. The highest BCUT2D eigenvalue weighted by Crippen LogP contribution is 2.35. The Balaban J connectivity index is 1.43. The van der Waals surface area contributed by atoms with Crippen molar-refractivity contribution in [1.82, 2.24) is 0 Å². The standard InChI is InChI=1S/C23H26F2N4O3/c1-26-7-9-28(18-5-3-15(24)11-20(18)26)22(31)13-17(30)14-23(32)29-10-8-27(2)21-12-16(25)4-6-19(21)29/h3-6,11-12,17,30H,7-10,13-14H2,1-2H3. The maximum Gasteiger partial charge on any atom is 0.229 e. The van der Waals surface area contributed by atoms with Crippen molar-refractivity contribution >= 4 is 34.6 Å². The fraction of sp³-hybridized carbons (Fsp3) is 0.391. The van der Waals surface area contributed by atoms with E-state index >= 15 is 0 Å². The number of hydrogen-bond acceptors (Lipinski definition) is 5. The van der Waals surface area contributed by atoms with E-state index in [1.165, 1.54) is 34.1 Å². The lowest BCUT2D eigenvalue weighted by atomic mass is 10.1. The molecule has 0 radical (unpaired) electrons. The molecule has 0 fully saturated rings. The summed E-state index contributed by atoms with van der Waals surface area (Å²) in [6.07, 6.45) is -1.62. The molecule has 0 aromatic heterocycles. The van der Waals surface area contributed by atoms with Gasteiger partial charge in [0.05, 0.1) is 41.7 Å². The van der Waals surface area contributed by atoms with E-state index in [4.69, 9.17) is 0 Å². The van der Waals surface area contributed by atoms with Crippen LogP contribution in [0.2, 0.25) is 0 Å². The number of halogens is 2. The van der Waals surface area contributed by atoms with Gasteiger partial charge in [0.15, 0.2) is 0 Å². The van der Waals surface area contributed by atoms with E-state index in [1.807, 2.05) is 23.9 Å². The second kappa shape index (κ2) is 8.74. The van der Waals surface area contributed by atoms with Crippen LogP contribution >= 0.6 is 0 Å². The maximum atomic E-state index is 13.6. The van der Waals surface area contributed by atoms with Crippen LogP contribution in [0, 0.1) is 11.6 Å². The van der Waals surface area contributed by atoms with Gasteiger partial charge in [-0.25, -0.2) is 8.78 Å². The van der Waals surface area contributed by atoms with E-state index in [-0.39, 0.29) is 36.3 Å². The smallest absolute Gasteiger partial charge is 0.229 e. The molecule has 32 heavy (non-hydrogen) atoms. The molecule has 2 aromatic rings. The highest BCUT2D eigenvalue weighted by atomic mass is 19.1. The van der Waals surface area contributed by atoms with Gasteiger partial charge >= 0.3 is 0 Å². The number of likely N-dealkylation sites (N-methyl/N-ethyl adjacent to an activating group) is 2. The first kappa shape index (κ1) is 22.0. The molecular formula is C23H26F2N4O3. The number of benzene rings is 2. The lowest BCUT2D eigenvalue weighted by Crippen LogP contribution is -2.45. The first-order valence-electron chi connectivity index (χ1n) is 10.5. The highest BCUT2D eigenvalue weighted by Gasteiger charge is 2.30. The van der Waals surface area contributed by atoms with Crippen LogP contribution in [0.4, 0.5) is 31.5 Å². The fourth-order valence-corrected chi connectivity index (χ4v) is 4.26. The van der Waals surface area contributed by atoms with Crippen LogP contribution in [-0.2, 0) is 9.59 Å². The number of nitrogens with zero attached hydrogens (tertiary/aromatic N) is 4. The molecule has 4 rings (SSSR count). The second-order valence-electron chi connectivity index (χ2n) is 8.26. The Morgan fingerprint density at radius 3 is 1.59 bits per heavy atom. The molecule has 0 saturated heterocycles. The Bertz CT molecular complexity index is 966. The molecule has 0 saturated carbocycles. The average molecular weight is 444 g/mol. The van der Waals surface area contributed by atoms with E-state index < -0.39 is 6.10 Å². The van der Waals surface area contributed by atoms with Gasteiger partial charge in [-0.2, -0.15) is 0 Å². The molecule has 170 valence electrons. The van der Waals surface area contributed by atoms with Crippen molar-refractivity contribution in [2.24, 2.45) is 0 Å². The number of hydrogen-bond donors (Lipinski definition) is 1. The molecule has 1 N–H and O–H groups in total. The summed E-state index contributed by atoms with van der Waals surface area (Å²) in [5.41, 5.74) is 2.38. The number of carbonyl (C=O) groups excluding carboxylic acids is 2. The van der Waals surface area contributed by atoms with E-state index in [0.29, 0.717) is 48.9 Å². The highest BCUT2D eigenvalue weighted by molar-refractivity contribution is 6.00. The summed E-state index contributed by atoms with van der Waals surface area (Å²) in [5.74, 6) is -1.43. The van der Waals surface area contributed by atoms with Gasteiger partial charge in [-0.1, -0.05) is 0 Å². The summed E-state index contributed by atoms with van der Waals surface area (Å²) in [6.45, 7) is 1.88. The molecule has 0 bridgehead atoms. The number of fused-ring (bicyclic) bond motifs is 2. The van der Waals surface area contributed by atoms with E-state index in [9.17, 15) is 23.5 Å². The predicted molar refractivity (Wildman–Crippen MR) is 119 cm³/mol. The van der Waals surface area contributed by atoms with Gasteiger partial charge in [-0.05, 0) is 36.4 Å². The quantitative estimate of drug-likeness (QED) is 0.785. The number of aliphatic hydroxyl groups excluding tert-OH is 1. The molecule has 9 heteroatoms. The van der Waals surface area contributed by atoms with Crippen LogP contribution in [0.5, 0.6) is 0 Å². The van der Waals surface area contributed by atoms with Crippen molar-refractivity contribution in [3.8, 4) is 0 Å². The summed E-state index contributed by atoms with van der Waals surface area (Å²) >= 11 is 0. The van der Waals surface area contributed by atoms with Crippen LogP contribution in [-0.4, -0.2) is 63.3 Å². The zero-order valence-electron chi connectivity index (χ0n) is 18.1. The van der Waals surface area contributed by atoms with E-state index in [1.54, 1.807) is 12.1 Å². The minimum atomic E-state index is -1.16. The third kappa shape index (κ3) is 4.25. The summed E-state index contributed by atoms with van der Waals surface area (Å²) in [6, 6.07) is 8.45. The monoisotopic (exact) mass is 444 g/mol. The molecule has 7 nitrogen and oxygen atoms in total. The zero-order chi connectivity index (χ0) is 23.0. The van der Waals surface area contributed by atoms with Gasteiger partial charge in [0.1, 0.15) is 11.6 Å². The van der Waals surface area contributed by atoms with Gasteiger partial charge in [-0.15, -0.1) is 0 Å². The summed E-state index contributed by atoms with van der Waals surface area (Å²) in [5, 5.41) is 10.5. The number of rotatable bonds is 4. The summed E-state index contributed by atoms with van der Waals surface area (Å²) in [4.78, 5) is 32.5. The van der Waals surface area contributed by atoms with Gasteiger partial charge in [-0.3, -0.25) is 9.59 Å². The maximum absolute atomic E-state index is 13.6. The van der Waals surface area contributed by atoms with Crippen molar-refractivity contribution in [1.29, 1.82) is 0 Å². The zero-order valence-corrected chi connectivity index (χ0v) is 18.1. The van der Waals surface area contributed by atoms with Crippen molar-refractivity contribution in [2.45, 2.75) is 18.9 Å². The Kier molecular flexibility index (Phi) is 6.01. The average Bonchev–Trinajstić information content (AvgIpc) is 2.74. The Labute approximate surface area is 185 Å². The second-order valence-corrected chi connectivity index (χ2v) is 8.26.